The zero-order valence-electron chi connectivity index (χ0n) is 16.8. The Labute approximate surface area is 176 Å². The maximum atomic E-state index is 11.8. The van der Waals surface area contributed by atoms with Crippen LogP contribution in [0.3, 0.4) is 0 Å². The molecule has 1 atom stereocenters. The minimum atomic E-state index is -0.0468. The van der Waals surface area contributed by atoms with Crippen LogP contribution in [0, 0.1) is 6.92 Å². The Bertz CT molecular complexity index is 988. The molecule has 2 heterocycles. The Hall–Kier alpha value is -2.63. The van der Waals surface area contributed by atoms with Crippen LogP contribution in [-0.4, -0.2) is 42.0 Å². The van der Waals surface area contributed by atoms with Crippen LogP contribution >= 0.6 is 11.3 Å². The van der Waals surface area contributed by atoms with E-state index in [4.69, 9.17) is 0 Å². The van der Waals surface area contributed by atoms with Crippen molar-refractivity contribution in [3.05, 3.63) is 81.5 Å². The van der Waals surface area contributed by atoms with Crippen molar-refractivity contribution in [2.45, 2.75) is 19.9 Å². The molecule has 0 saturated carbocycles. The molecule has 4 nitrogen and oxygen atoms in total. The zero-order chi connectivity index (χ0) is 20.4. The van der Waals surface area contributed by atoms with E-state index in [0.717, 1.165) is 41.5 Å². The first-order valence-corrected chi connectivity index (χ1v) is 10.8. The number of para-hydroxylation sites is 1. The highest BCUT2D eigenvalue weighted by molar-refractivity contribution is 7.14. The fourth-order valence-corrected chi connectivity index (χ4v) is 4.99. The first kappa shape index (κ1) is 19.7. The van der Waals surface area contributed by atoms with Gasteiger partial charge in [-0.15, -0.1) is 11.3 Å². The number of nitrogens with zero attached hydrogens (tertiary/aromatic N) is 2. The van der Waals surface area contributed by atoms with Gasteiger partial charge in [-0.25, -0.2) is 0 Å². The SMILES string of the molecule is CC(=O)c1ccc(C(c2ccccc2O)N2CCN(c3ccc(C)cc3)CC2)s1. The highest BCUT2D eigenvalue weighted by Crippen LogP contribution is 2.38. The second-order valence-corrected chi connectivity index (χ2v) is 8.69. The van der Waals surface area contributed by atoms with Gasteiger partial charge in [0.25, 0.3) is 0 Å². The molecule has 2 aromatic carbocycles. The lowest BCUT2D eigenvalue weighted by Crippen LogP contribution is -2.47. The zero-order valence-corrected chi connectivity index (χ0v) is 17.7. The van der Waals surface area contributed by atoms with Crippen LogP contribution in [0.5, 0.6) is 5.75 Å². The van der Waals surface area contributed by atoms with Gasteiger partial charge >= 0.3 is 0 Å². The van der Waals surface area contributed by atoms with E-state index in [2.05, 4.69) is 41.0 Å². The molecule has 3 aromatic rings. The van der Waals surface area contributed by atoms with E-state index < -0.39 is 0 Å². The number of piperazine rings is 1. The normalized spacial score (nSPS) is 16.0. The molecule has 5 heteroatoms. The molecule has 0 spiro atoms. The third kappa shape index (κ3) is 4.21. The lowest BCUT2D eigenvalue weighted by Gasteiger charge is -2.40. The third-order valence-electron chi connectivity index (χ3n) is 5.55. The summed E-state index contributed by atoms with van der Waals surface area (Å²) in [7, 11) is 0. The minimum Gasteiger partial charge on any atom is -0.508 e. The number of aryl methyl sites for hydroxylation is 1. The first-order chi connectivity index (χ1) is 14.0. The predicted molar refractivity (Wildman–Crippen MR) is 119 cm³/mol. The molecule has 1 unspecified atom stereocenters. The Morgan fingerprint density at radius 1 is 0.966 bits per heavy atom. The summed E-state index contributed by atoms with van der Waals surface area (Å²) in [4.78, 5) is 18.5. The summed E-state index contributed by atoms with van der Waals surface area (Å²) in [6, 6.07) is 20.1. The van der Waals surface area contributed by atoms with Gasteiger partial charge in [-0.2, -0.15) is 0 Å². The number of phenolic OH excluding ortho intramolecular Hbond substituents is 1. The van der Waals surface area contributed by atoms with E-state index in [-0.39, 0.29) is 11.8 Å². The molecule has 0 bridgehead atoms. The number of hydrogen-bond donors (Lipinski definition) is 1. The van der Waals surface area contributed by atoms with Crippen molar-refractivity contribution in [3.63, 3.8) is 0 Å². The van der Waals surface area contributed by atoms with Crippen LogP contribution in [0.1, 0.15) is 38.6 Å². The van der Waals surface area contributed by atoms with E-state index in [1.165, 1.54) is 22.6 Å². The molecule has 0 aliphatic carbocycles. The van der Waals surface area contributed by atoms with Gasteiger partial charge in [-0.05, 0) is 44.2 Å². The second kappa shape index (κ2) is 8.39. The first-order valence-electron chi connectivity index (χ1n) is 9.97. The maximum absolute atomic E-state index is 11.8. The molecule has 4 rings (SSSR count). The van der Waals surface area contributed by atoms with Crippen molar-refractivity contribution in [2.24, 2.45) is 0 Å². The number of anilines is 1. The number of carbonyl (C=O) groups excluding carboxylic acids is 1. The van der Waals surface area contributed by atoms with Gasteiger partial charge < -0.3 is 10.0 Å². The fourth-order valence-electron chi connectivity index (χ4n) is 3.93. The van der Waals surface area contributed by atoms with Crippen molar-refractivity contribution in [1.82, 2.24) is 4.90 Å². The molecule has 0 radical (unpaired) electrons. The quantitative estimate of drug-likeness (QED) is 0.614. The van der Waals surface area contributed by atoms with Crippen LogP contribution in [0.25, 0.3) is 0 Å². The van der Waals surface area contributed by atoms with E-state index in [9.17, 15) is 9.90 Å². The van der Waals surface area contributed by atoms with Gasteiger partial charge in [0, 0.05) is 42.3 Å². The molecule has 1 aliphatic heterocycles. The summed E-state index contributed by atoms with van der Waals surface area (Å²) in [5.74, 6) is 0.387. The number of Topliss-reactive ketones (excluding diaryl/α,β-unsaturated/α-hetero) is 1. The molecular formula is C24H26N2O2S. The van der Waals surface area contributed by atoms with E-state index in [0.29, 0.717) is 5.75 Å². The maximum Gasteiger partial charge on any atom is 0.169 e. The lowest BCUT2D eigenvalue weighted by atomic mass is 10.0. The molecule has 1 aliphatic rings. The van der Waals surface area contributed by atoms with Crippen LogP contribution in [0.15, 0.2) is 60.7 Å². The summed E-state index contributed by atoms with van der Waals surface area (Å²) in [6.07, 6.45) is 0. The summed E-state index contributed by atoms with van der Waals surface area (Å²) >= 11 is 1.53. The van der Waals surface area contributed by atoms with Crippen LogP contribution in [0.4, 0.5) is 5.69 Å². The van der Waals surface area contributed by atoms with Gasteiger partial charge in [0.2, 0.25) is 0 Å². The van der Waals surface area contributed by atoms with Crippen molar-refractivity contribution >= 4 is 22.8 Å². The summed E-state index contributed by atoms with van der Waals surface area (Å²) in [5.41, 5.74) is 3.42. The predicted octanol–water partition coefficient (Wildman–Crippen LogP) is 4.88. The Balaban J connectivity index is 1.59. The molecule has 1 N–H and O–H groups in total. The monoisotopic (exact) mass is 406 g/mol. The standard InChI is InChI=1S/C24H26N2O2S/c1-17-7-9-19(10-8-17)25-13-15-26(16-14-25)24(20-5-3-4-6-21(20)28)23-12-11-22(29-23)18(2)27/h3-12,24,28H,13-16H2,1-2H3. The van der Waals surface area contributed by atoms with E-state index in [1.807, 2.05) is 30.3 Å². The van der Waals surface area contributed by atoms with Crippen LogP contribution in [0.2, 0.25) is 0 Å². The largest absolute Gasteiger partial charge is 0.508 e. The molecule has 0 amide bonds. The fraction of sp³-hybridized carbons (Fsp3) is 0.292. The number of aromatic hydroxyl groups is 1. The number of ketones is 1. The summed E-state index contributed by atoms with van der Waals surface area (Å²) < 4.78 is 0. The van der Waals surface area contributed by atoms with Crippen molar-refractivity contribution in [1.29, 1.82) is 0 Å². The van der Waals surface area contributed by atoms with Gasteiger partial charge in [0.1, 0.15) is 5.75 Å². The molecule has 1 saturated heterocycles. The molecule has 1 aromatic heterocycles. The Morgan fingerprint density at radius 2 is 1.66 bits per heavy atom. The van der Waals surface area contributed by atoms with Crippen LogP contribution < -0.4 is 4.90 Å². The number of hydrogen-bond acceptors (Lipinski definition) is 5. The van der Waals surface area contributed by atoms with E-state index >= 15 is 0 Å². The van der Waals surface area contributed by atoms with E-state index in [1.54, 1.807) is 13.0 Å². The highest BCUT2D eigenvalue weighted by Gasteiger charge is 2.29. The smallest absolute Gasteiger partial charge is 0.169 e. The number of phenols is 1. The molecular weight excluding hydrogens is 380 g/mol. The average molecular weight is 407 g/mol. The van der Waals surface area contributed by atoms with Gasteiger partial charge in [-0.1, -0.05) is 35.9 Å². The van der Waals surface area contributed by atoms with Crippen LogP contribution in [-0.2, 0) is 0 Å². The average Bonchev–Trinajstić information content (AvgIpc) is 3.21. The molecule has 1 fully saturated rings. The molecule has 150 valence electrons. The number of benzene rings is 2. The lowest BCUT2D eigenvalue weighted by molar-refractivity contribution is 0.102. The minimum absolute atomic E-state index is 0.0468. The molecule has 29 heavy (non-hydrogen) atoms. The van der Waals surface area contributed by atoms with Crippen molar-refractivity contribution in [2.75, 3.05) is 31.1 Å². The van der Waals surface area contributed by atoms with Gasteiger partial charge in [0.15, 0.2) is 5.78 Å². The summed E-state index contributed by atoms with van der Waals surface area (Å²) in [5, 5.41) is 10.5. The number of carbonyl (C=O) groups is 1. The third-order valence-corrected chi connectivity index (χ3v) is 6.79. The van der Waals surface area contributed by atoms with Crippen molar-refractivity contribution < 1.29 is 9.90 Å². The number of thiophene rings is 1. The second-order valence-electron chi connectivity index (χ2n) is 7.58. The Kier molecular flexibility index (Phi) is 5.69. The number of rotatable bonds is 5. The Morgan fingerprint density at radius 3 is 2.28 bits per heavy atom. The topological polar surface area (TPSA) is 43.8 Å². The van der Waals surface area contributed by atoms with Crippen molar-refractivity contribution in [3.8, 4) is 5.75 Å². The summed E-state index contributed by atoms with van der Waals surface area (Å²) in [6.45, 7) is 7.34. The highest BCUT2D eigenvalue weighted by atomic mass is 32.1. The van der Waals surface area contributed by atoms with Gasteiger partial charge in [-0.3, -0.25) is 9.69 Å². The van der Waals surface area contributed by atoms with Gasteiger partial charge in [0.05, 0.1) is 10.9 Å².